The molecule has 0 saturated carbocycles. The molecular weight excluding hydrogens is 567 g/mol. The quantitative estimate of drug-likeness (QED) is 0.200. The van der Waals surface area contributed by atoms with Crippen molar-refractivity contribution in [1.82, 2.24) is 4.57 Å². The van der Waals surface area contributed by atoms with Gasteiger partial charge in [0.1, 0.15) is 11.2 Å². The summed E-state index contributed by atoms with van der Waals surface area (Å²) in [6, 6.07) is 54.9. The third-order valence-corrected chi connectivity index (χ3v) is 10.3. The first-order valence-corrected chi connectivity index (χ1v) is 16.1. The maximum Gasteiger partial charge on any atom is 0.136 e. The van der Waals surface area contributed by atoms with Crippen LogP contribution in [0.2, 0.25) is 0 Å². The van der Waals surface area contributed by atoms with Crippen molar-refractivity contribution in [2.24, 2.45) is 0 Å². The van der Waals surface area contributed by atoms with Crippen molar-refractivity contribution in [2.45, 2.75) is 0 Å². The van der Waals surface area contributed by atoms with E-state index < -0.39 is 0 Å². The van der Waals surface area contributed by atoms with E-state index in [1.165, 1.54) is 69.9 Å². The minimum atomic E-state index is 0.928. The fourth-order valence-corrected chi connectivity index (χ4v) is 8.18. The van der Waals surface area contributed by atoms with Crippen LogP contribution in [0.15, 0.2) is 156 Å². The molecule has 10 aromatic rings. The monoisotopic (exact) mass is 591 g/mol. The fraction of sp³-hybridized carbons (Fsp3) is 0. The van der Waals surface area contributed by atoms with Gasteiger partial charge in [-0.15, -0.1) is 11.3 Å². The number of hydrogen-bond acceptors (Lipinski definition) is 2. The third-order valence-electron chi connectivity index (χ3n) is 9.20. The first-order chi connectivity index (χ1) is 22.3. The van der Waals surface area contributed by atoms with Gasteiger partial charge in [0.25, 0.3) is 0 Å². The van der Waals surface area contributed by atoms with Gasteiger partial charge >= 0.3 is 0 Å². The first-order valence-electron chi connectivity index (χ1n) is 15.3. The van der Waals surface area contributed by atoms with E-state index in [0.717, 1.165) is 21.9 Å². The van der Waals surface area contributed by atoms with Crippen molar-refractivity contribution in [1.29, 1.82) is 0 Å². The Hall–Kier alpha value is -5.64. The SMILES string of the molecule is c1ccc(-c2ccc3c(c2)c2ccccc2n3-c2ccc3sc4cc(-c5ccc6c(c5)oc5ccccc56)ccc4c3c2)cc1. The van der Waals surface area contributed by atoms with Crippen molar-refractivity contribution in [3.63, 3.8) is 0 Å². The van der Waals surface area contributed by atoms with Gasteiger partial charge in [-0.2, -0.15) is 0 Å². The zero-order chi connectivity index (χ0) is 29.5. The van der Waals surface area contributed by atoms with E-state index in [1.807, 2.05) is 23.5 Å². The summed E-state index contributed by atoms with van der Waals surface area (Å²) < 4.78 is 11.2. The Morgan fingerprint density at radius 3 is 1.98 bits per heavy atom. The van der Waals surface area contributed by atoms with Gasteiger partial charge in [-0.05, 0) is 82.9 Å². The Balaban J connectivity index is 1.11. The van der Waals surface area contributed by atoms with Crippen LogP contribution >= 0.6 is 11.3 Å². The summed E-state index contributed by atoms with van der Waals surface area (Å²) >= 11 is 1.86. The zero-order valence-corrected chi connectivity index (χ0v) is 25.0. The van der Waals surface area contributed by atoms with Crippen LogP contribution in [0.1, 0.15) is 0 Å². The van der Waals surface area contributed by atoms with E-state index in [4.69, 9.17) is 4.42 Å². The molecule has 3 aromatic heterocycles. The molecular formula is C42H25NOS. The van der Waals surface area contributed by atoms with Gasteiger partial charge in [0.05, 0.1) is 11.0 Å². The van der Waals surface area contributed by atoms with Gasteiger partial charge in [-0.25, -0.2) is 0 Å². The largest absolute Gasteiger partial charge is 0.456 e. The highest BCUT2D eigenvalue weighted by atomic mass is 32.1. The van der Waals surface area contributed by atoms with E-state index in [-0.39, 0.29) is 0 Å². The van der Waals surface area contributed by atoms with E-state index in [9.17, 15) is 0 Å². The van der Waals surface area contributed by atoms with Gasteiger partial charge in [0.2, 0.25) is 0 Å². The molecule has 3 heteroatoms. The predicted octanol–water partition coefficient (Wildman–Crippen LogP) is 12.4. The molecule has 210 valence electrons. The highest BCUT2D eigenvalue weighted by Gasteiger charge is 2.15. The second kappa shape index (κ2) is 9.43. The molecule has 0 amide bonds. The molecule has 0 saturated heterocycles. The van der Waals surface area contributed by atoms with Crippen LogP contribution in [0.4, 0.5) is 0 Å². The van der Waals surface area contributed by atoms with Crippen molar-refractivity contribution >= 4 is 75.3 Å². The van der Waals surface area contributed by atoms with Crippen LogP contribution in [0, 0.1) is 0 Å². The van der Waals surface area contributed by atoms with Crippen molar-refractivity contribution < 1.29 is 4.42 Å². The van der Waals surface area contributed by atoms with Crippen LogP contribution < -0.4 is 0 Å². The average molecular weight is 592 g/mol. The lowest BCUT2D eigenvalue weighted by atomic mass is 10.0. The van der Waals surface area contributed by atoms with E-state index in [1.54, 1.807) is 0 Å². The Kier molecular flexibility index (Phi) is 5.19. The molecule has 0 spiro atoms. The number of aromatic nitrogens is 1. The molecule has 0 aliphatic rings. The van der Waals surface area contributed by atoms with Gasteiger partial charge in [0, 0.05) is 47.4 Å². The van der Waals surface area contributed by atoms with E-state index >= 15 is 0 Å². The summed E-state index contributed by atoms with van der Waals surface area (Å²) in [4.78, 5) is 0. The predicted molar refractivity (Wildman–Crippen MR) is 192 cm³/mol. The van der Waals surface area contributed by atoms with Crippen LogP contribution in [0.3, 0.4) is 0 Å². The molecule has 0 N–H and O–H groups in total. The number of fused-ring (bicyclic) bond motifs is 9. The molecule has 0 aliphatic heterocycles. The number of nitrogens with zero attached hydrogens (tertiary/aromatic N) is 1. The van der Waals surface area contributed by atoms with Crippen LogP contribution in [0.25, 0.3) is 91.9 Å². The number of furan rings is 1. The summed E-state index contributed by atoms with van der Waals surface area (Å²) in [6.45, 7) is 0. The number of hydrogen-bond donors (Lipinski definition) is 0. The number of benzene rings is 7. The van der Waals surface area contributed by atoms with Crippen LogP contribution in [0.5, 0.6) is 0 Å². The second-order valence-corrected chi connectivity index (χ2v) is 12.8. The number of para-hydroxylation sites is 2. The normalized spacial score (nSPS) is 12.0. The fourth-order valence-electron chi connectivity index (χ4n) is 7.05. The standard InChI is InChI=1S/C42H25NOS/c1-2-8-26(9-3-1)27-16-20-38-35(22-27)31-10-4-6-12-37(31)43(38)30-17-21-41-36(25-30)34-19-15-29(24-42(34)45-41)28-14-18-33-32-11-5-7-13-39(32)44-40(33)23-28/h1-25H. The third kappa shape index (κ3) is 3.75. The van der Waals surface area contributed by atoms with Crippen LogP contribution in [-0.2, 0) is 0 Å². The molecule has 0 fully saturated rings. The molecule has 0 aliphatic carbocycles. The lowest BCUT2D eigenvalue weighted by Gasteiger charge is -2.09. The summed E-state index contributed by atoms with van der Waals surface area (Å²) in [5.74, 6) is 0. The summed E-state index contributed by atoms with van der Waals surface area (Å²) in [6.07, 6.45) is 0. The molecule has 0 unspecified atom stereocenters. The van der Waals surface area contributed by atoms with Gasteiger partial charge < -0.3 is 8.98 Å². The second-order valence-electron chi connectivity index (χ2n) is 11.8. The van der Waals surface area contributed by atoms with Gasteiger partial charge in [-0.1, -0.05) is 91.0 Å². The molecule has 2 nitrogen and oxygen atoms in total. The summed E-state index contributed by atoms with van der Waals surface area (Å²) in [7, 11) is 0. The van der Waals surface area contributed by atoms with E-state index in [2.05, 4.69) is 144 Å². The van der Waals surface area contributed by atoms with Crippen molar-refractivity contribution in [2.75, 3.05) is 0 Å². The Labute approximate surface area is 263 Å². The maximum absolute atomic E-state index is 6.19. The maximum atomic E-state index is 6.19. The molecule has 7 aromatic carbocycles. The van der Waals surface area contributed by atoms with Crippen molar-refractivity contribution in [3.8, 4) is 27.9 Å². The molecule has 3 heterocycles. The van der Waals surface area contributed by atoms with Crippen LogP contribution in [-0.4, -0.2) is 4.57 Å². The number of thiophene rings is 1. The van der Waals surface area contributed by atoms with E-state index in [0.29, 0.717) is 0 Å². The minimum Gasteiger partial charge on any atom is -0.456 e. The number of rotatable bonds is 3. The minimum absolute atomic E-state index is 0.928. The molecule has 45 heavy (non-hydrogen) atoms. The Morgan fingerprint density at radius 1 is 0.378 bits per heavy atom. The summed E-state index contributed by atoms with van der Waals surface area (Å²) in [5.41, 5.74) is 10.3. The smallest absolute Gasteiger partial charge is 0.136 e. The van der Waals surface area contributed by atoms with Gasteiger partial charge in [0.15, 0.2) is 0 Å². The highest BCUT2D eigenvalue weighted by Crippen LogP contribution is 2.40. The molecule has 0 bridgehead atoms. The molecule has 0 radical (unpaired) electrons. The highest BCUT2D eigenvalue weighted by molar-refractivity contribution is 7.25. The first kappa shape index (κ1) is 24.8. The van der Waals surface area contributed by atoms with Crippen molar-refractivity contribution in [3.05, 3.63) is 152 Å². The van der Waals surface area contributed by atoms with Gasteiger partial charge in [-0.3, -0.25) is 0 Å². The lowest BCUT2D eigenvalue weighted by molar-refractivity contribution is 0.669. The lowest BCUT2D eigenvalue weighted by Crippen LogP contribution is -1.93. The Bertz CT molecular complexity index is 2760. The Morgan fingerprint density at radius 2 is 1.07 bits per heavy atom. The molecule has 0 atom stereocenters. The summed E-state index contributed by atoms with van der Waals surface area (Å²) in [5, 5.41) is 7.44. The molecule has 10 rings (SSSR count). The zero-order valence-electron chi connectivity index (χ0n) is 24.2. The topological polar surface area (TPSA) is 18.1 Å². The average Bonchev–Trinajstić information content (AvgIpc) is 3.76.